The lowest BCUT2D eigenvalue weighted by Crippen LogP contribution is -2.48. The van der Waals surface area contributed by atoms with Crippen molar-refractivity contribution in [3.8, 4) is 12.3 Å². The van der Waals surface area contributed by atoms with Crippen LogP contribution in [-0.4, -0.2) is 41.6 Å². The number of carbonyl (C=O) groups excluding carboxylic acids is 1. The number of rotatable bonds is 5. The number of hydrogen-bond acceptors (Lipinski definition) is 2. The van der Waals surface area contributed by atoms with E-state index in [0.717, 1.165) is 19.3 Å². The van der Waals surface area contributed by atoms with Crippen LogP contribution in [-0.2, 0) is 4.79 Å². The summed E-state index contributed by atoms with van der Waals surface area (Å²) in [4.78, 5) is 24.6. The predicted octanol–water partition coefficient (Wildman–Crippen LogP) is 1.69. The average Bonchev–Trinajstić information content (AvgIpc) is 2.39. The van der Waals surface area contributed by atoms with E-state index in [1.54, 1.807) is 11.8 Å². The Morgan fingerprint density at radius 2 is 2.00 bits per heavy atom. The van der Waals surface area contributed by atoms with Crippen molar-refractivity contribution in [3.05, 3.63) is 0 Å². The van der Waals surface area contributed by atoms with Crippen molar-refractivity contribution in [2.75, 3.05) is 19.6 Å². The number of hydrogen-bond donors (Lipinski definition) is 2. The molecule has 0 aromatic rings. The summed E-state index contributed by atoms with van der Waals surface area (Å²) in [7, 11) is 0. The molecule has 19 heavy (non-hydrogen) atoms. The van der Waals surface area contributed by atoms with E-state index in [-0.39, 0.29) is 6.03 Å². The van der Waals surface area contributed by atoms with Crippen LogP contribution >= 0.6 is 0 Å². The Labute approximate surface area is 114 Å². The molecule has 106 valence electrons. The van der Waals surface area contributed by atoms with Crippen molar-refractivity contribution in [1.82, 2.24) is 10.2 Å². The van der Waals surface area contributed by atoms with Crippen LogP contribution in [0.25, 0.3) is 0 Å². The topological polar surface area (TPSA) is 69.6 Å². The summed E-state index contributed by atoms with van der Waals surface area (Å²) in [5, 5.41) is 11.9. The van der Waals surface area contributed by atoms with E-state index in [0.29, 0.717) is 32.5 Å². The molecule has 1 saturated heterocycles. The third-order valence-electron chi connectivity index (χ3n) is 3.69. The third kappa shape index (κ3) is 4.47. The highest BCUT2D eigenvalue weighted by atomic mass is 16.4. The van der Waals surface area contributed by atoms with Gasteiger partial charge in [-0.15, -0.1) is 12.3 Å². The number of aliphatic carboxylic acids is 1. The molecule has 0 aromatic carbocycles. The lowest BCUT2D eigenvalue weighted by atomic mass is 9.80. The molecular weight excluding hydrogens is 244 g/mol. The molecule has 0 saturated carbocycles. The Bertz CT molecular complexity index is 365. The number of carbonyl (C=O) groups is 2. The third-order valence-corrected chi connectivity index (χ3v) is 3.69. The van der Waals surface area contributed by atoms with Crippen LogP contribution in [0.1, 0.15) is 39.0 Å². The van der Waals surface area contributed by atoms with Crippen molar-refractivity contribution in [2.45, 2.75) is 39.0 Å². The first kappa shape index (κ1) is 15.4. The fourth-order valence-electron chi connectivity index (χ4n) is 2.08. The lowest BCUT2D eigenvalue weighted by molar-refractivity contribution is -0.150. The zero-order valence-corrected chi connectivity index (χ0v) is 11.4. The minimum Gasteiger partial charge on any atom is -0.481 e. The van der Waals surface area contributed by atoms with Crippen LogP contribution in [0.4, 0.5) is 4.79 Å². The van der Waals surface area contributed by atoms with Gasteiger partial charge in [0.25, 0.3) is 0 Å². The van der Waals surface area contributed by atoms with Crippen molar-refractivity contribution < 1.29 is 14.7 Å². The SMILES string of the molecule is C#CCCCCNC(=O)N1CCC(C)(C(=O)O)CC1. The van der Waals surface area contributed by atoms with Crippen molar-refractivity contribution in [1.29, 1.82) is 0 Å². The Kier molecular flexibility index (Phi) is 5.68. The highest BCUT2D eigenvalue weighted by Crippen LogP contribution is 2.30. The first-order chi connectivity index (χ1) is 8.99. The van der Waals surface area contributed by atoms with E-state index in [4.69, 9.17) is 11.5 Å². The molecule has 2 N–H and O–H groups in total. The quantitative estimate of drug-likeness (QED) is 0.587. The van der Waals surface area contributed by atoms with Gasteiger partial charge in [0.2, 0.25) is 0 Å². The number of likely N-dealkylation sites (tertiary alicyclic amines) is 1. The van der Waals surface area contributed by atoms with Crippen molar-refractivity contribution in [3.63, 3.8) is 0 Å². The zero-order chi connectivity index (χ0) is 14.3. The van der Waals surface area contributed by atoms with Crippen LogP contribution in [0.3, 0.4) is 0 Å². The van der Waals surface area contributed by atoms with Crippen molar-refractivity contribution >= 4 is 12.0 Å². The molecule has 2 amide bonds. The highest BCUT2D eigenvalue weighted by molar-refractivity contribution is 5.76. The van der Waals surface area contributed by atoms with Gasteiger partial charge in [-0.05, 0) is 32.6 Å². The fraction of sp³-hybridized carbons (Fsp3) is 0.714. The first-order valence-corrected chi connectivity index (χ1v) is 6.69. The van der Waals surface area contributed by atoms with E-state index < -0.39 is 11.4 Å². The van der Waals surface area contributed by atoms with E-state index in [1.165, 1.54) is 0 Å². The average molecular weight is 266 g/mol. The largest absolute Gasteiger partial charge is 0.481 e. The maximum Gasteiger partial charge on any atom is 0.317 e. The van der Waals surface area contributed by atoms with Crippen LogP contribution in [0, 0.1) is 17.8 Å². The molecule has 1 heterocycles. The summed E-state index contributed by atoms with van der Waals surface area (Å²) in [6.45, 7) is 3.36. The van der Waals surface area contributed by atoms with Crippen LogP contribution in [0.5, 0.6) is 0 Å². The summed E-state index contributed by atoms with van der Waals surface area (Å²) < 4.78 is 0. The Hall–Kier alpha value is -1.70. The minimum atomic E-state index is -0.776. The van der Waals surface area contributed by atoms with E-state index >= 15 is 0 Å². The molecule has 1 aliphatic heterocycles. The number of piperidine rings is 1. The minimum absolute atomic E-state index is 0.104. The van der Waals surface area contributed by atoms with Crippen LogP contribution in [0.15, 0.2) is 0 Å². The molecule has 0 atom stereocenters. The second kappa shape index (κ2) is 7.03. The first-order valence-electron chi connectivity index (χ1n) is 6.69. The molecule has 0 aromatic heterocycles. The number of nitrogens with one attached hydrogen (secondary N) is 1. The number of carboxylic acids is 1. The maximum absolute atomic E-state index is 11.8. The van der Waals surface area contributed by atoms with E-state index in [1.807, 2.05) is 0 Å². The molecule has 5 heteroatoms. The van der Waals surface area contributed by atoms with Gasteiger partial charge in [-0.25, -0.2) is 4.79 Å². The van der Waals surface area contributed by atoms with Gasteiger partial charge >= 0.3 is 12.0 Å². The number of urea groups is 1. The molecule has 1 aliphatic rings. The summed E-state index contributed by atoms with van der Waals surface area (Å²) in [5.41, 5.74) is -0.691. The summed E-state index contributed by atoms with van der Waals surface area (Å²) in [5.74, 6) is 1.78. The number of terminal acetylenes is 1. The molecular formula is C14H22N2O3. The van der Waals surface area contributed by atoms with Gasteiger partial charge in [0, 0.05) is 26.1 Å². The van der Waals surface area contributed by atoms with E-state index in [2.05, 4.69) is 11.2 Å². The molecule has 0 radical (unpaired) electrons. The smallest absolute Gasteiger partial charge is 0.317 e. The highest BCUT2D eigenvalue weighted by Gasteiger charge is 2.37. The van der Waals surface area contributed by atoms with Gasteiger partial charge in [-0.1, -0.05) is 0 Å². The Morgan fingerprint density at radius 1 is 1.37 bits per heavy atom. The predicted molar refractivity (Wildman–Crippen MR) is 72.6 cm³/mol. The van der Waals surface area contributed by atoms with Gasteiger partial charge < -0.3 is 15.3 Å². The molecule has 0 bridgehead atoms. The van der Waals surface area contributed by atoms with Gasteiger partial charge in [-0.2, -0.15) is 0 Å². The van der Waals surface area contributed by atoms with Gasteiger partial charge in [0.05, 0.1) is 5.41 Å². The molecule has 0 unspecified atom stereocenters. The van der Waals surface area contributed by atoms with Gasteiger partial charge in [0.15, 0.2) is 0 Å². The van der Waals surface area contributed by atoms with E-state index in [9.17, 15) is 9.59 Å². The number of unbranched alkanes of at least 4 members (excludes halogenated alkanes) is 2. The number of carboxylic acid groups (broad SMARTS) is 1. The van der Waals surface area contributed by atoms with Crippen LogP contribution in [0.2, 0.25) is 0 Å². The standard InChI is InChI=1S/C14H22N2O3/c1-3-4-5-6-9-15-13(19)16-10-7-14(2,8-11-16)12(17)18/h1H,4-11H2,2H3,(H,15,19)(H,17,18). The van der Waals surface area contributed by atoms with Gasteiger partial charge in [0.1, 0.15) is 0 Å². The molecule has 5 nitrogen and oxygen atoms in total. The summed E-state index contributed by atoms with van der Waals surface area (Å²) in [6.07, 6.45) is 8.67. The monoisotopic (exact) mass is 266 g/mol. The molecule has 1 rings (SSSR count). The molecule has 0 aliphatic carbocycles. The van der Waals surface area contributed by atoms with Gasteiger partial charge in [-0.3, -0.25) is 4.79 Å². The summed E-state index contributed by atoms with van der Waals surface area (Å²) in [6, 6.07) is -0.104. The Morgan fingerprint density at radius 3 is 2.53 bits per heavy atom. The molecule has 1 fully saturated rings. The van der Waals surface area contributed by atoms with Crippen LogP contribution < -0.4 is 5.32 Å². The van der Waals surface area contributed by atoms with Crippen molar-refractivity contribution in [2.24, 2.45) is 5.41 Å². The fourth-order valence-corrected chi connectivity index (χ4v) is 2.08. The lowest BCUT2D eigenvalue weighted by Gasteiger charge is -2.36. The normalized spacial score (nSPS) is 17.6. The number of nitrogens with zero attached hydrogens (tertiary/aromatic N) is 1. The Balaban J connectivity index is 2.26. The zero-order valence-electron chi connectivity index (χ0n) is 11.4. The number of amides is 2. The maximum atomic E-state index is 11.8. The summed E-state index contributed by atoms with van der Waals surface area (Å²) >= 11 is 0. The molecule has 0 spiro atoms. The second-order valence-corrected chi connectivity index (χ2v) is 5.25. The second-order valence-electron chi connectivity index (χ2n) is 5.25.